The maximum atomic E-state index is 11.4. The Bertz CT molecular complexity index is 679. The van der Waals surface area contributed by atoms with Gasteiger partial charge in [-0.3, -0.25) is 0 Å². The molecule has 0 radical (unpaired) electrons. The van der Waals surface area contributed by atoms with Gasteiger partial charge in [-0.2, -0.15) is 0 Å². The van der Waals surface area contributed by atoms with Crippen molar-refractivity contribution in [1.82, 2.24) is 0 Å². The Kier molecular flexibility index (Phi) is 3.49. The first-order valence-electron chi connectivity index (χ1n) is 6.44. The maximum Gasteiger partial charge on any atom is 0.336 e. The van der Waals surface area contributed by atoms with Gasteiger partial charge in [0.05, 0.1) is 12.2 Å². The number of rotatable bonds is 2. The van der Waals surface area contributed by atoms with Crippen LogP contribution >= 0.6 is 15.9 Å². The molecule has 0 saturated heterocycles. The monoisotopic (exact) mass is 332 g/mol. The molecule has 0 aromatic heterocycles. The highest BCUT2D eigenvalue weighted by atomic mass is 79.9. The molecule has 1 aliphatic heterocycles. The number of fused-ring (bicyclic) bond motifs is 1. The van der Waals surface area contributed by atoms with E-state index in [-0.39, 0.29) is 0 Å². The van der Waals surface area contributed by atoms with Crippen LogP contribution < -0.4 is 4.74 Å². The summed E-state index contributed by atoms with van der Waals surface area (Å²) < 4.78 is 6.35. The molecule has 0 saturated carbocycles. The Morgan fingerprint density at radius 2 is 2.05 bits per heavy atom. The Balaban J connectivity index is 2.11. The Hall–Kier alpha value is -1.81. The molecule has 0 amide bonds. The number of aromatic carboxylic acids is 1. The molecule has 20 heavy (non-hydrogen) atoms. The summed E-state index contributed by atoms with van der Waals surface area (Å²) in [6.07, 6.45) is 1.98. The first-order chi connectivity index (χ1) is 9.65. The highest BCUT2D eigenvalue weighted by Crippen LogP contribution is 2.32. The fraction of sp³-hybridized carbons (Fsp3) is 0.188. The van der Waals surface area contributed by atoms with Crippen LogP contribution in [0.4, 0.5) is 0 Å². The van der Waals surface area contributed by atoms with Crippen molar-refractivity contribution in [2.24, 2.45) is 0 Å². The van der Waals surface area contributed by atoms with Crippen molar-refractivity contribution in [2.75, 3.05) is 6.61 Å². The van der Waals surface area contributed by atoms with E-state index in [1.165, 1.54) is 0 Å². The van der Waals surface area contributed by atoms with Gasteiger partial charge in [0.1, 0.15) is 5.75 Å². The highest BCUT2D eigenvalue weighted by Gasteiger charge is 2.15. The van der Waals surface area contributed by atoms with Gasteiger partial charge in [-0.15, -0.1) is 0 Å². The standard InChI is InChI=1S/C16H13BrO3/c17-12-4-5-13(14(9-12)16(18)19)10-3-6-15-11(8-10)2-1-7-20-15/h3-6,8-9H,1-2,7H2,(H,18,19). The average molecular weight is 333 g/mol. The molecule has 0 spiro atoms. The molecule has 3 rings (SSSR count). The number of carbonyl (C=O) groups is 1. The Morgan fingerprint density at radius 1 is 1.20 bits per heavy atom. The second kappa shape index (κ2) is 5.29. The molecule has 0 aliphatic carbocycles. The lowest BCUT2D eigenvalue weighted by molar-refractivity contribution is 0.0697. The van der Waals surface area contributed by atoms with Crippen molar-refractivity contribution in [3.8, 4) is 16.9 Å². The van der Waals surface area contributed by atoms with Gasteiger partial charge < -0.3 is 9.84 Å². The smallest absolute Gasteiger partial charge is 0.336 e. The molecule has 2 aromatic rings. The number of hydrogen-bond donors (Lipinski definition) is 1. The molecule has 3 nitrogen and oxygen atoms in total. The van der Waals surface area contributed by atoms with Crippen LogP contribution in [0.1, 0.15) is 22.3 Å². The third-order valence-corrected chi connectivity index (χ3v) is 3.92. The third kappa shape index (κ3) is 2.43. The minimum absolute atomic E-state index is 0.302. The first-order valence-corrected chi connectivity index (χ1v) is 7.23. The predicted molar refractivity (Wildman–Crippen MR) is 80.4 cm³/mol. The second-order valence-corrected chi connectivity index (χ2v) is 5.69. The van der Waals surface area contributed by atoms with Gasteiger partial charge in [0.15, 0.2) is 0 Å². The van der Waals surface area contributed by atoms with E-state index in [1.807, 2.05) is 30.3 Å². The SMILES string of the molecule is O=C(O)c1cc(Br)ccc1-c1ccc2c(c1)CCCO2. The third-order valence-electron chi connectivity index (χ3n) is 3.43. The Morgan fingerprint density at radius 3 is 2.85 bits per heavy atom. The van der Waals surface area contributed by atoms with Gasteiger partial charge in [0, 0.05) is 4.47 Å². The van der Waals surface area contributed by atoms with Gasteiger partial charge in [-0.25, -0.2) is 4.79 Å². The van der Waals surface area contributed by atoms with Crippen LogP contribution in [0.15, 0.2) is 40.9 Å². The van der Waals surface area contributed by atoms with Crippen molar-refractivity contribution >= 4 is 21.9 Å². The van der Waals surface area contributed by atoms with E-state index in [2.05, 4.69) is 15.9 Å². The zero-order valence-electron chi connectivity index (χ0n) is 10.7. The molecule has 102 valence electrons. The Labute approximate surface area is 125 Å². The molecule has 0 unspecified atom stereocenters. The zero-order chi connectivity index (χ0) is 14.1. The molecule has 4 heteroatoms. The van der Waals surface area contributed by atoms with E-state index < -0.39 is 5.97 Å². The second-order valence-electron chi connectivity index (χ2n) is 4.77. The molecule has 0 fully saturated rings. The van der Waals surface area contributed by atoms with Crippen molar-refractivity contribution in [2.45, 2.75) is 12.8 Å². The quantitative estimate of drug-likeness (QED) is 0.898. The van der Waals surface area contributed by atoms with Crippen LogP contribution in [-0.2, 0) is 6.42 Å². The summed E-state index contributed by atoms with van der Waals surface area (Å²) in [5.41, 5.74) is 3.09. The van der Waals surface area contributed by atoms with Crippen LogP contribution in [0.25, 0.3) is 11.1 Å². The minimum atomic E-state index is -0.921. The van der Waals surface area contributed by atoms with Gasteiger partial charge in [-0.1, -0.05) is 28.1 Å². The summed E-state index contributed by atoms with van der Waals surface area (Å²) in [6.45, 7) is 0.755. The number of hydrogen-bond acceptors (Lipinski definition) is 2. The molecule has 0 atom stereocenters. The van der Waals surface area contributed by atoms with Crippen LogP contribution in [0, 0.1) is 0 Å². The van der Waals surface area contributed by atoms with E-state index in [4.69, 9.17) is 4.74 Å². The van der Waals surface area contributed by atoms with Gasteiger partial charge >= 0.3 is 5.97 Å². The molecule has 1 aliphatic rings. The van der Waals surface area contributed by atoms with Crippen molar-refractivity contribution in [3.63, 3.8) is 0 Å². The minimum Gasteiger partial charge on any atom is -0.493 e. The summed E-state index contributed by atoms with van der Waals surface area (Å²) in [5.74, 6) is -0.00995. The van der Waals surface area contributed by atoms with Crippen molar-refractivity contribution in [1.29, 1.82) is 0 Å². The lowest BCUT2D eigenvalue weighted by Crippen LogP contribution is -2.08. The van der Waals surface area contributed by atoms with E-state index in [9.17, 15) is 9.90 Å². The fourth-order valence-corrected chi connectivity index (χ4v) is 2.83. The summed E-state index contributed by atoms with van der Waals surface area (Å²) in [6, 6.07) is 11.2. The number of carboxylic acid groups (broad SMARTS) is 1. The summed E-state index contributed by atoms with van der Waals surface area (Å²) in [4.78, 5) is 11.4. The van der Waals surface area contributed by atoms with Crippen LogP contribution in [-0.4, -0.2) is 17.7 Å². The van der Waals surface area contributed by atoms with Crippen LogP contribution in [0.5, 0.6) is 5.75 Å². The normalized spacial score (nSPS) is 13.4. The van der Waals surface area contributed by atoms with Gasteiger partial charge in [0.2, 0.25) is 0 Å². The summed E-state index contributed by atoms with van der Waals surface area (Å²) >= 11 is 3.31. The summed E-state index contributed by atoms with van der Waals surface area (Å²) in [7, 11) is 0. The van der Waals surface area contributed by atoms with E-state index in [1.54, 1.807) is 6.07 Å². The zero-order valence-corrected chi connectivity index (χ0v) is 12.3. The lowest BCUT2D eigenvalue weighted by Gasteiger charge is -2.18. The van der Waals surface area contributed by atoms with E-state index in [0.717, 1.165) is 46.4 Å². The number of carboxylic acids is 1. The topological polar surface area (TPSA) is 46.5 Å². The van der Waals surface area contributed by atoms with Gasteiger partial charge in [-0.05, 0) is 53.8 Å². The molecule has 1 N–H and O–H groups in total. The number of ether oxygens (including phenoxy) is 1. The summed E-state index contributed by atoms with van der Waals surface area (Å²) in [5, 5.41) is 9.34. The number of aryl methyl sites for hydroxylation is 1. The van der Waals surface area contributed by atoms with Crippen LogP contribution in [0.2, 0.25) is 0 Å². The molecular weight excluding hydrogens is 320 g/mol. The maximum absolute atomic E-state index is 11.4. The molecule has 0 bridgehead atoms. The molecule has 1 heterocycles. The van der Waals surface area contributed by atoms with Crippen molar-refractivity contribution in [3.05, 3.63) is 52.0 Å². The van der Waals surface area contributed by atoms with E-state index >= 15 is 0 Å². The number of halogens is 1. The van der Waals surface area contributed by atoms with Crippen molar-refractivity contribution < 1.29 is 14.6 Å². The fourth-order valence-electron chi connectivity index (χ4n) is 2.47. The van der Waals surface area contributed by atoms with Crippen LogP contribution in [0.3, 0.4) is 0 Å². The highest BCUT2D eigenvalue weighted by molar-refractivity contribution is 9.10. The largest absolute Gasteiger partial charge is 0.493 e. The molecule has 2 aromatic carbocycles. The number of benzene rings is 2. The lowest BCUT2D eigenvalue weighted by atomic mass is 9.96. The first kappa shape index (κ1) is 13.2. The van der Waals surface area contributed by atoms with E-state index in [0.29, 0.717) is 5.56 Å². The predicted octanol–water partition coefficient (Wildman–Crippen LogP) is 4.14. The van der Waals surface area contributed by atoms with Gasteiger partial charge in [0.25, 0.3) is 0 Å². The molecular formula is C16H13BrO3. The average Bonchev–Trinajstić information content (AvgIpc) is 2.46.